The van der Waals surface area contributed by atoms with Crippen LogP contribution in [0, 0.1) is 5.82 Å². The summed E-state index contributed by atoms with van der Waals surface area (Å²) in [4.78, 5) is 30.9. The molecule has 0 bridgehead atoms. The minimum atomic E-state index is -0.490. The predicted molar refractivity (Wildman–Crippen MR) is 80.2 cm³/mol. The molecule has 0 saturated carbocycles. The molecule has 0 aliphatic rings. The van der Waals surface area contributed by atoms with Crippen molar-refractivity contribution in [1.82, 2.24) is 9.97 Å². The Hall–Kier alpha value is -2.95. The van der Waals surface area contributed by atoms with Gasteiger partial charge in [-0.1, -0.05) is 12.1 Å². The van der Waals surface area contributed by atoms with Crippen molar-refractivity contribution in [2.24, 2.45) is 0 Å². The highest BCUT2D eigenvalue weighted by molar-refractivity contribution is 5.96. The molecule has 0 fully saturated rings. The maximum Gasteiger partial charge on any atom is 0.213 e. The molecular formula is C16H9FN2O2. The van der Waals surface area contributed by atoms with Gasteiger partial charge in [-0.2, -0.15) is 0 Å². The lowest BCUT2D eigenvalue weighted by Crippen LogP contribution is -2.14. The topological polar surface area (TPSA) is 65.7 Å². The first-order valence-corrected chi connectivity index (χ1v) is 6.41. The predicted octanol–water partition coefficient (Wildman–Crippen LogP) is 2.66. The van der Waals surface area contributed by atoms with Crippen molar-refractivity contribution in [2.45, 2.75) is 0 Å². The molecule has 4 nitrogen and oxygen atoms in total. The van der Waals surface area contributed by atoms with Crippen molar-refractivity contribution >= 4 is 32.8 Å². The van der Waals surface area contributed by atoms with E-state index < -0.39 is 5.82 Å². The first-order chi connectivity index (χ1) is 10.1. The lowest BCUT2D eigenvalue weighted by atomic mass is 10.1. The van der Waals surface area contributed by atoms with E-state index in [-0.39, 0.29) is 27.3 Å². The van der Waals surface area contributed by atoms with Crippen molar-refractivity contribution in [3.05, 3.63) is 68.7 Å². The first kappa shape index (κ1) is 11.8. The average Bonchev–Trinajstić information content (AvgIpc) is 2.50. The average molecular weight is 280 g/mol. The van der Waals surface area contributed by atoms with Crippen molar-refractivity contribution in [1.29, 1.82) is 0 Å². The maximum absolute atomic E-state index is 13.3. The summed E-state index contributed by atoms with van der Waals surface area (Å²) in [6, 6.07) is 10.8. The van der Waals surface area contributed by atoms with Gasteiger partial charge < -0.3 is 9.97 Å². The molecular weight excluding hydrogens is 271 g/mol. The van der Waals surface area contributed by atoms with Crippen molar-refractivity contribution in [2.75, 3.05) is 0 Å². The summed E-state index contributed by atoms with van der Waals surface area (Å²) < 4.78 is 13.3. The van der Waals surface area contributed by atoms with Crippen molar-refractivity contribution in [3.8, 4) is 0 Å². The molecule has 0 unspecified atom stereocenters. The summed E-state index contributed by atoms with van der Waals surface area (Å²) in [6.45, 7) is 0. The van der Waals surface area contributed by atoms with Gasteiger partial charge >= 0.3 is 0 Å². The molecule has 102 valence electrons. The molecule has 21 heavy (non-hydrogen) atoms. The third-order valence-corrected chi connectivity index (χ3v) is 3.62. The number of aromatic amines is 2. The number of aromatic nitrogens is 2. The summed E-state index contributed by atoms with van der Waals surface area (Å²) in [5, 5.41) is 0.718. The van der Waals surface area contributed by atoms with Crippen molar-refractivity contribution in [3.63, 3.8) is 0 Å². The van der Waals surface area contributed by atoms with Crippen molar-refractivity contribution < 1.29 is 4.39 Å². The maximum atomic E-state index is 13.3. The van der Waals surface area contributed by atoms with E-state index in [1.165, 1.54) is 18.2 Å². The zero-order chi connectivity index (χ0) is 14.6. The number of hydrogen-bond donors (Lipinski definition) is 2. The third kappa shape index (κ3) is 1.61. The molecule has 0 saturated heterocycles. The summed E-state index contributed by atoms with van der Waals surface area (Å²) in [7, 11) is 0. The molecule has 2 aromatic carbocycles. The molecule has 2 heterocycles. The van der Waals surface area contributed by atoms with Gasteiger partial charge in [0.2, 0.25) is 10.9 Å². The Labute approximate surface area is 116 Å². The van der Waals surface area contributed by atoms with Crippen LogP contribution < -0.4 is 10.9 Å². The van der Waals surface area contributed by atoms with E-state index in [0.717, 1.165) is 0 Å². The Balaban J connectivity index is 2.34. The van der Waals surface area contributed by atoms with Crippen LogP contribution >= 0.6 is 0 Å². The number of hydrogen-bond acceptors (Lipinski definition) is 2. The Morgan fingerprint density at radius 2 is 1.38 bits per heavy atom. The highest BCUT2D eigenvalue weighted by Crippen LogP contribution is 2.15. The standard InChI is InChI=1S/C16H9FN2O2/c17-8-5-6-12-10(7-8)16(21)14-13(19-12)15(20)9-3-1-2-4-11(9)18-14/h1-7H,(H,18,20)(H,19,21). The van der Waals surface area contributed by atoms with Gasteiger partial charge in [-0.15, -0.1) is 0 Å². The van der Waals surface area contributed by atoms with Crippen LogP contribution in [-0.4, -0.2) is 9.97 Å². The third-order valence-electron chi connectivity index (χ3n) is 3.62. The van der Waals surface area contributed by atoms with Crippen LogP contribution in [0.1, 0.15) is 0 Å². The molecule has 0 radical (unpaired) electrons. The van der Waals surface area contributed by atoms with E-state index in [1.807, 2.05) is 0 Å². The molecule has 0 amide bonds. The second kappa shape index (κ2) is 4.02. The summed E-state index contributed by atoms with van der Waals surface area (Å²) in [5.41, 5.74) is 0.754. The number of nitrogens with one attached hydrogen (secondary N) is 2. The summed E-state index contributed by atoms with van der Waals surface area (Å²) in [5.74, 6) is -0.490. The van der Waals surface area contributed by atoms with E-state index in [0.29, 0.717) is 16.4 Å². The molecule has 0 atom stereocenters. The van der Waals surface area contributed by atoms with Crippen LogP contribution in [-0.2, 0) is 0 Å². The number of pyridine rings is 2. The van der Waals surface area contributed by atoms with Gasteiger partial charge in [0.15, 0.2) is 0 Å². The molecule has 0 spiro atoms. The minimum absolute atomic E-state index is 0.164. The van der Waals surface area contributed by atoms with Gasteiger partial charge in [0.05, 0.1) is 10.9 Å². The van der Waals surface area contributed by atoms with Gasteiger partial charge in [0.1, 0.15) is 16.9 Å². The lowest BCUT2D eigenvalue weighted by molar-refractivity contribution is 0.629. The van der Waals surface area contributed by atoms with E-state index in [9.17, 15) is 14.0 Å². The lowest BCUT2D eigenvalue weighted by Gasteiger charge is -2.05. The molecule has 2 N–H and O–H groups in total. The van der Waals surface area contributed by atoms with Gasteiger partial charge in [-0.3, -0.25) is 9.59 Å². The SMILES string of the molecule is O=c1c2ccccc2[nH]c2c(=O)c3cc(F)ccc3[nH]c12. The zero-order valence-electron chi connectivity index (χ0n) is 10.7. The van der Waals surface area contributed by atoms with Crippen LogP contribution in [0.5, 0.6) is 0 Å². The Kier molecular flexibility index (Phi) is 2.27. The highest BCUT2D eigenvalue weighted by atomic mass is 19.1. The normalized spacial score (nSPS) is 11.5. The van der Waals surface area contributed by atoms with E-state index in [1.54, 1.807) is 24.3 Å². The monoisotopic (exact) mass is 280 g/mol. The molecule has 2 aromatic heterocycles. The zero-order valence-corrected chi connectivity index (χ0v) is 10.7. The number of fused-ring (bicyclic) bond motifs is 3. The second-order valence-corrected chi connectivity index (χ2v) is 4.89. The Bertz CT molecular complexity index is 1140. The molecule has 0 aliphatic carbocycles. The first-order valence-electron chi connectivity index (χ1n) is 6.41. The molecule has 4 rings (SSSR count). The van der Waals surface area contributed by atoms with Crippen LogP contribution in [0.4, 0.5) is 4.39 Å². The van der Waals surface area contributed by atoms with E-state index in [4.69, 9.17) is 0 Å². The Morgan fingerprint density at radius 1 is 0.762 bits per heavy atom. The largest absolute Gasteiger partial charge is 0.350 e. The smallest absolute Gasteiger partial charge is 0.213 e. The number of H-pyrrole nitrogens is 2. The minimum Gasteiger partial charge on any atom is -0.350 e. The second-order valence-electron chi connectivity index (χ2n) is 4.89. The van der Waals surface area contributed by atoms with Gasteiger partial charge in [-0.25, -0.2) is 4.39 Å². The number of para-hydroxylation sites is 1. The molecule has 0 aliphatic heterocycles. The highest BCUT2D eigenvalue weighted by Gasteiger charge is 2.11. The molecule has 5 heteroatoms. The number of benzene rings is 2. The van der Waals surface area contributed by atoms with Crippen LogP contribution in [0.2, 0.25) is 0 Å². The summed E-state index contributed by atoms with van der Waals surface area (Å²) in [6.07, 6.45) is 0. The quantitative estimate of drug-likeness (QED) is 0.486. The van der Waals surface area contributed by atoms with Gasteiger partial charge in [-0.05, 0) is 30.3 Å². The fourth-order valence-electron chi connectivity index (χ4n) is 2.61. The van der Waals surface area contributed by atoms with Crippen LogP contribution in [0.3, 0.4) is 0 Å². The van der Waals surface area contributed by atoms with Gasteiger partial charge in [0.25, 0.3) is 0 Å². The van der Waals surface area contributed by atoms with E-state index in [2.05, 4.69) is 9.97 Å². The van der Waals surface area contributed by atoms with Crippen LogP contribution in [0.15, 0.2) is 52.1 Å². The van der Waals surface area contributed by atoms with Gasteiger partial charge in [0, 0.05) is 10.9 Å². The fraction of sp³-hybridized carbons (Fsp3) is 0. The Morgan fingerprint density at radius 3 is 2.14 bits per heavy atom. The number of halogens is 1. The fourth-order valence-corrected chi connectivity index (χ4v) is 2.61. The molecule has 4 aromatic rings. The summed E-state index contributed by atoms with van der Waals surface area (Å²) >= 11 is 0. The van der Waals surface area contributed by atoms with E-state index >= 15 is 0 Å². The van der Waals surface area contributed by atoms with Crippen LogP contribution in [0.25, 0.3) is 32.8 Å². The number of rotatable bonds is 0.